The molecule has 1 aromatic carbocycles. The molecule has 0 radical (unpaired) electrons. The summed E-state index contributed by atoms with van der Waals surface area (Å²) >= 11 is 10.2. The molecule has 0 spiro atoms. The minimum Gasteiger partial charge on any atom is -0.445 e. The normalized spacial score (nSPS) is 12.9. The zero-order valence-corrected chi connectivity index (χ0v) is 13.0. The number of benzene rings is 1. The van der Waals surface area contributed by atoms with Crippen molar-refractivity contribution in [3.8, 4) is 0 Å². The summed E-state index contributed by atoms with van der Waals surface area (Å²) in [5.74, 6) is -0.485. The lowest BCUT2D eigenvalue weighted by Crippen LogP contribution is -2.27. The van der Waals surface area contributed by atoms with Gasteiger partial charge in [0, 0.05) is 6.08 Å². The fourth-order valence-corrected chi connectivity index (χ4v) is 2.18. The van der Waals surface area contributed by atoms with E-state index in [9.17, 15) is 4.79 Å². The Morgan fingerprint density at radius 2 is 1.94 bits per heavy atom. The Balaban J connectivity index is 2.85. The molecule has 0 aliphatic carbocycles. The van der Waals surface area contributed by atoms with Gasteiger partial charge in [-0.15, -0.1) is 0 Å². The van der Waals surface area contributed by atoms with Crippen LogP contribution >= 0.6 is 47.8 Å². The molecular weight excluding hydrogens is 404 g/mol. The van der Waals surface area contributed by atoms with Crippen LogP contribution < -0.4 is 0 Å². The summed E-state index contributed by atoms with van der Waals surface area (Å²) < 4.78 is 4.42. The largest absolute Gasteiger partial charge is 0.445 e. The molecule has 0 N–H and O–H groups in total. The highest BCUT2D eigenvalue weighted by molar-refractivity contribution is 9.25. The first-order valence-corrected chi connectivity index (χ1v) is 6.89. The first-order valence-electron chi connectivity index (χ1n) is 4.39. The van der Waals surface area contributed by atoms with Gasteiger partial charge >= 0.3 is 5.97 Å². The molecule has 0 aromatic heterocycles. The van der Waals surface area contributed by atoms with Crippen molar-refractivity contribution in [2.75, 3.05) is 0 Å². The lowest BCUT2D eigenvalue weighted by molar-refractivity contribution is -0.139. The van der Waals surface area contributed by atoms with E-state index < -0.39 is 14.2 Å². The van der Waals surface area contributed by atoms with Gasteiger partial charge in [-0.05, 0) is 21.5 Å². The first kappa shape index (κ1) is 13.9. The van der Waals surface area contributed by atoms with Crippen molar-refractivity contribution < 1.29 is 9.53 Å². The predicted molar refractivity (Wildman–Crippen MR) is 75.0 cm³/mol. The van der Waals surface area contributed by atoms with E-state index in [1.165, 1.54) is 0 Å². The Morgan fingerprint density at radius 1 is 1.38 bits per heavy atom. The van der Waals surface area contributed by atoms with Crippen LogP contribution in [0.4, 0.5) is 0 Å². The molecule has 2 nitrogen and oxygen atoms in total. The summed E-state index contributed by atoms with van der Waals surface area (Å²) in [6.45, 7) is 3.34. The van der Waals surface area contributed by atoms with E-state index in [4.69, 9.17) is 4.74 Å². The summed E-state index contributed by atoms with van der Waals surface area (Å²) in [5, 5.41) is -0.548. The Bertz CT molecular complexity index is 376. The summed E-state index contributed by atoms with van der Waals surface area (Å²) in [6, 6.07) is 9.56. The Hall–Kier alpha value is -0.130. The fraction of sp³-hybridized carbons (Fsp3) is 0.182. The van der Waals surface area contributed by atoms with Gasteiger partial charge in [0.1, 0.15) is 0 Å². The third-order valence-corrected chi connectivity index (χ3v) is 5.68. The van der Waals surface area contributed by atoms with Crippen LogP contribution in [-0.2, 0) is 12.8 Å². The summed E-state index contributed by atoms with van der Waals surface area (Å²) in [7, 11) is 0. The van der Waals surface area contributed by atoms with Crippen LogP contribution in [0.15, 0.2) is 43.0 Å². The highest BCUT2D eigenvalue weighted by Gasteiger charge is 2.36. The number of carbonyl (C=O) groups is 1. The first-order chi connectivity index (χ1) is 7.48. The number of ether oxygens (including phenoxy) is 1. The minimum atomic E-state index is -0.667. The average molecular weight is 413 g/mol. The van der Waals surface area contributed by atoms with E-state index in [2.05, 4.69) is 54.4 Å². The van der Waals surface area contributed by atoms with Gasteiger partial charge in [-0.3, -0.25) is 0 Å². The van der Waals surface area contributed by atoms with Crippen molar-refractivity contribution in [2.45, 2.75) is 8.25 Å². The monoisotopic (exact) mass is 410 g/mol. The van der Waals surface area contributed by atoms with Crippen molar-refractivity contribution in [1.29, 1.82) is 0 Å². The molecule has 0 aliphatic rings. The molecule has 1 aromatic rings. The summed E-state index contributed by atoms with van der Waals surface area (Å²) in [6.07, 6.45) is 1.12. The second kappa shape index (κ2) is 5.98. The van der Waals surface area contributed by atoms with E-state index >= 15 is 0 Å². The van der Waals surface area contributed by atoms with Crippen LogP contribution in [0.5, 0.6) is 0 Å². The fourth-order valence-electron chi connectivity index (χ4n) is 1.02. The van der Waals surface area contributed by atoms with E-state index in [0.29, 0.717) is 0 Å². The van der Waals surface area contributed by atoms with Gasteiger partial charge in [-0.25, -0.2) is 4.79 Å². The van der Waals surface area contributed by atoms with Gasteiger partial charge in [0.25, 0.3) is 0 Å². The number of rotatable bonds is 4. The van der Waals surface area contributed by atoms with E-state index in [1.54, 1.807) is 0 Å². The van der Waals surface area contributed by atoms with Crippen LogP contribution in [-0.4, -0.2) is 11.0 Å². The zero-order valence-electron chi connectivity index (χ0n) is 8.20. The molecule has 1 atom stereocenters. The van der Waals surface area contributed by atoms with Crippen LogP contribution in [0.3, 0.4) is 0 Å². The van der Waals surface area contributed by atoms with Gasteiger partial charge in [0.05, 0.1) is 0 Å². The molecule has 86 valence electrons. The molecule has 0 saturated carbocycles. The highest BCUT2D eigenvalue weighted by atomic mass is 79.9. The molecule has 0 fully saturated rings. The second-order valence-corrected chi connectivity index (χ2v) is 7.34. The van der Waals surface area contributed by atoms with Crippen molar-refractivity contribution in [2.24, 2.45) is 0 Å². The SMILES string of the molecule is C=CC(=O)OC(Br)C(Br)(Br)c1ccccc1. The molecule has 0 bridgehead atoms. The smallest absolute Gasteiger partial charge is 0.331 e. The zero-order chi connectivity index (χ0) is 12.2. The molecule has 0 aliphatic heterocycles. The lowest BCUT2D eigenvalue weighted by atomic mass is 10.2. The quantitative estimate of drug-likeness (QED) is 0.423. The third kappa shape index (κ3) is 3.43. The van der Waals surface area contributed by atoms with Crippen molar-refractivity contribution in [1.82, 2.24) is 0 Å². The van der Waals surface area contributed by atoms with Gasteiger partial charge in [0.2, 0.25) is 0 Å². The van der Waals surface area contributed by atoms with Crippen LogP contribution in [0.25, 0.3) is 0 Å². The lowest BCUT2D eigenvalue weighted by Gasteiger charge is -2.26. The maximum absolute atomic E-state index is 11.1. The standard InChI is InChI=1S/C11H9Br3O2/c1-2-9(15)16-10(12)11(13,14)8-6-4-3-5-7-8/h2-7,10H,1H2. The number of hydrogen-bond acceptors (Lipinski definition) is 2. The van der Waals surface area contributed by atoms with Crippen molar-refractivity contribution >= 4 is 53.8 Å². The van der Waals surface area contributed by atoms with E-state index in [0.717, 1.165) is 11.6 Å². The summed E-state index contributed by atoms with van der Waals surface area (Å²) in [4.78, 5) is 11.1. The van der Waals surface area contributed by atoms with Gasteiger partial charge < -0.3 is 4.74 Å². The third-order valence-electron chi connectivity index (χ3n) is 1.83. The summed E-state index contributed by atoms with van der Waals surface area (Å²) in [5.41, 5.74) is 0.939. The topological polar surface area (TPSA) is 26.3 Å². The number of hydrogen-bond donors (Lipinski definition) is 0. The maximum Gasteiger partial charge on any atom is 0.331 e. The van der Waals surface area contributed by atoms with Crippen LogP contribution in [0.2, 0.25) is 0 Å². The molecular formula is C11H9Br3O2. The van der Waals surface area contributed by atoms with Crippen molar-refractivity contribution in [3.63, 3.8) is 0 Å². The highest BCUT2D eigenvalue weighted by Crippen LogP contribution is 2.45. The molecule has 0 heterocycles. The second-order valence-electron chi connectivity index (χ2n) is 2.95. The Morgan fingerprint density at radius 3 is 2.44 bits per heavy atom. The van der Waals surface area contributed by atoms with Crippen molar-refractivity contribution in [3.05, 3.63) is 48.6 Å². The molecule has 5 heteroatoms. The Kier molecular flexibility index (Phi) is 5.21. The molecule has 0 amide bonds. The van der Waals surface area contributed by atoms with Gasteiger partial charge in [-0.2, -0.15) is 0 Å². The number of halogens is 3. The van der Waals surface area contributed by atoms with E-state index in [1.807, 2.05) is 30.3 Å². The minimum absolute atomic E-state index is 0.485. The maximum atomic E-state index is 11.1. The molecule has 16 heavy (non-hydrogen) atoms. The van der Waals surface area contributed by atoms with Crippen LogP contribution in [0, 0.1) is 0 Å². The van der Waals surface area contributed by atoms with Gasteiger partial charge in [-0.1, -0.05) is 68.8 Å². The number of carbonyl (C=O) groups excluding carboxylic acids is 1. The molecule has 1 rings (SSSR count). The molecule has 0 saturated heterocycles. The van der Waals surface area contributed by atoms with Gasteiger partial charge in [0.15, 0.2) is 8.25 Å². The Labute approximate surface area is 119 Å². The molecule has 1 unspecified atom stereocenters. The predicted octanol–water partition coefficient (Wildman–Crippen LogP) is 4.08. The number of esters is 1. The number of alkyl halides is 3. The van der Waals surface area contributed by atoms with Crippen LogP contribution in [0.1, 0.15) is 5.56 Å². The average Bonchev–Trinajstić information content (AvgIpc) is 2.29. The van der Waals surface area contributed by atoms with E-state index in [-0.39, 0.29) is 0 Å².